The van der Waals surface area contributed by atoms with Gasteiger partial charge >= 0.3 is 0 Å². The lowest BCUT2D eigenvalue weighted by Gasteiger charge is -2.42. The van der Waals surface area contributed by atoms with E-state index in [9.17, 15) is 0 Å². The van der Waals surface area contributed by atoms with E-state index < -0.39 is 5.79 Å². The lowest BCUT2D eigenvalue weighted by atomic mass is 10.0. The highest BCUT2D eigenvalue weighted by atomic mass is 35.5. The molecule has 0 aromatic heterocycles. The fourth-order valence-corrected chi connectivity index (χ4v) is 1.67. The van der Waals surface area contributed by atoms with Crippen LogP contribution in [0.5, 0.6) is 0 Å². The third kappa shape index (κ3) is 5.10. The van der Waals surface area contributed by atoms with Crippen molar-refractivity contribution in [3.05, 3.63) is 0 Å². The van der Waals surface area contributed by atoms with Gasteiger partial charge in [0.2, 0.25) is 0 Å². The number of hydrogen-bond acceptors (Lipinski definition) is 4. The summed E-state index contributed by atoms with van der Waals surface area (Å²) in [6.45, 7) is 8.68. The lowest BCUT2D eigenvalue weighted by molar-refractivity contribution is -0.311. The minimum absolute atomic E-state index is 0.333. The molecule has 0 aromatic carbocycles. The highest BCUT2D eigenvalue weighted by Gasteiger charge is 2.39. The summed E-state index contributed by atoms with van der Waals surface area (Å²) < 4.78 is 22.4. The first-order valence-electron chi connectivity index (χ1n) is 6.09. The van der Waals surface area contributed by atoms with Crippen LogP contribution in [-0.2, 0) is 18.9 Å². The molecule has 0 unspecified atom stereocenters. The molecule has 102 valence electrons. The van der Waals surface area contributed by atoms with E-state index in [1.807, 2.05) is 13.8 Å². The first kappa shape index (κ1) is 15.2. The topological polar surface area (TPSA) is 36.9 Å². The molecule has 0 saturated carbocycles. The van der Waals surface area contributed by atoms with E-state index in [2.05, 4.69) is 6.92 Å². The summed E-state index contributed by atoms with van der Waals surface area (Å²) in [6, 6.07) is 0. The predicted octanol–water partition coefficient (Wildman–Crippen LogP) is 2.19. The van der Waals surface area contributed by atoms with Crippen molar-refractivity contribution in [3.8, 4) is 0 Å². The van der Waals surface area contributed by atoms with Gasteiger partial charge in [0.1, 0.15) is 5.60 Å². The van der Waals surface area contributed by atoms with Crippen LogP contribution in [0.1, 0.15) is 27.2 Å². The molecule has 1 aliphatic heterocycles. The molecule has 0 aliphatic carbocycles. The van der Waals surface area contributed by atoms with Gasteiger partial charge < -0.3 is 18.9 Å². The quantitative estimate of drug-likeness (QED) is 0.523. The number of halogens is 1. The van der Waals surface area contributed by atoms with E-state index in [1.165, 1.54) is 0 Å². The minimum Gasteiger partial charge on any atom is -0.378 e. The molecule has 4 nitrogen and oxygen atoms in total. The van der Waals surface area contributed by atoms with Crippen molar-refractivity contribution in [2.75, 3.05) is 38.9 Å². The molecule has 1 saturated heterocycles. The molecule has 1 fully saturated rings. The fourth-order valence-electron chi connectivity index (χ4n) is 1.56. The standard InChI is InChI=1S/C12H23ClO4/c1-4-12(15-8-7-14-6-5-13)9-16-11(2,3)17-10-12/h4-10H2,1-3H3. The van der Waals surface area contributed by atoms with Crippen LogP contribution in [0.2, 0.25) is 0 Å². The molecule has 1 aliphatic rings. The van der Waals surface area contributed by atoms with Crippen molar-refractivity contribution in [2.45, 2.75) is 38.6 Å². The van der Waals surface area contributed by atoms with Gasteiger partial charge in [-0.2, -0.15) is 0 Å². The molecular weight excluding hydrogens is 244 g/mol. The summed E-state index contributed by atoms with van der Waals surface area (Å²) in [5.41, 5.74) is -0.333. The molecule has 1 heterocycles. The van der Waals surface area contributed by atoms with Crippen molar-refractivity contribution < 1.29 is 18.9 Å². The number of alkyl halides is 1. The van der Waals surface area contributed by atoms with Gasteiger partial charge in [0.05, 0.1) is 33.0 Å². The number of rotatable bonds is 7. The zero-order chi connectivity index (χ0) is 12.8. The fraction of sp³-hybridized carbons (Fsp3) is 1.00. The Balaban J connectivity index is 2.27. The van der Waals surface area contributed by atoms with Crippen molar-refractivity contribution in [3.63, 3.8) is 0 Å². The summed E-state index contributed by atoms with van der Waals surface area (Å²) in [4.78, 5) is 0. The first-order valence-corrected chi connectivity index (χ1v) is 6.63. The molecule has 0 radical (unpaired) electrons. The minimum atomic E-state index is -0.503. The van der Waals surface area contributed by atoms with Crippen LogP contribution in [0.4, 0.5) is 0 Å². The summed E-state index contributed by atoms with van der Waals surface area (Å²) in [6.07, 6.45) is 0.860. The van der Waals surface area contributed by atoms with Crippen LogP contribution < -0.4 is 0 Å². The summed E-state index contributed by atoms with van der Waals surface area (Å²) in [7, 11) is 0. The molecular formula is C12H23ClO4. The maximum atomic E-state index is 5.84. The largest absolute Gasteiger partial charge is 0.378 e. The molecule has 0 spiro atoms. The SMILES string of the molecule is CCC1(OCCOCCCl)COC(C)(C)OC1. The Morgan fingerprint density at radius 2 is 1.76 bits per heavy atom. The smallest absolute Gasteiger partial charge is 0.163 e. The second-order valence-electron chi connectivity index (χ2n) is 4.66. The van der Waals surface area contributed by atoms with Crippen LogP contribution in [0, 0.1) is 0 Å². The second kappa shape index (κ2) is 6.90. The third-order valence-corrected chi connectivity index (χ3v) is 3.02. The second-order valence-corrected chi connectivity index (χ2v) is 5.04. The highest BCUT2D eigenvalue weighted by molar-refractivity contribution is 6.17. The van der Waals surface area contributed by atoms with Crippen molar-refractivity contribution in [2.24, 2.45) is 0 Å². The van der Waals surface area contributed by atoms with E-state index >= 15 is 0 Å². The Kier molecular flexibility index (Phi) is 6.17. The monoisotopic (exact) mass is 266 g/mol. The molecule has 0 aromatic rings. The van der Waals surface area contributed by atoms with E-state index in [0.717, 1.165) is 6.42 Å². The van der Waals surface area contributed by atoms with Gasteiger partial charge in [-0.3, -0.25) is 0 Å². The van der Waals surface area contributed by atoms with Gasteiger partial charge in [0.15, 0.2) is 5.79 Å². The third-order valence-electron chi connectivity index (χ3n) is 2.87. The normalized spacial score (nSPS) is 22.6. The van der Waals surface area contributed by atoms with E-state index in [1.54, 1.807) is 0 Å². The van der Waals surface area contributed by atoms with Gasteiger partial charge in [0, 0.05) is 5.88 Å². The van der Waals surface area contributed by atoms with Gasteiger partial charge in [-0.05, 0) is 20.3 Å². The number of ether oxygens (including phenoxy) is 4. The zero-order valence-corrected chi connectivity index (χ0v) is 11.7. The van der Waals surface area contributed by atoms with Crippen LogP contribution in [0.3, 0.4) is 0 Å². The zero-order valence-electron chi connectivity index (χ0n) is 11.0. The van der Waals surface area contributed by atoms with Crippen molar-refractivity contribution in [1.82, 2.24) is 0 Å². The Labute approximate surface area is 109 Å². The Hall–Kier alpha value is 0.130. The molecule has 0 N–H and O–H groups in total. The number of hydrogen-bond donors (Lipinski definition) is 0. The van der Waals surface area contributed by atoms with E-state index in [4.69, 9.17) is 30.5 Å². The average Bonchev–Trinajstić information content (AvgIpc) is 2.32. The van der Waals surface area contributed by atoms with Crippen LogP contribution >= 0.6 is 11.6 Å². The Morgan fingerprint density at radius 1 is 1.12 bits per heavy atom. The summed E-state index contributed by atoms with van der Waals surface area (Å²) in [5.74, 6) is 0.0104. The molecule has 1 rings (SSSR count). The Bertz CT molecular complexity index is 211. The summed E-state index contributed by atoms with van der Waals surface area (Å²) >= 11 is 5.51. The molecule has 17 heavy (non-hydrogen) atoms. The van der Waals surface area contributed by atoms with Crippen molar-refractivity contribution in [1.29, 1.82) is 0 Å². The van der Waals surface area contributed by atoms with E-state index in [0.29, 0.717) is 38.9 Å². The van der Waals surface area contributed by atoms with E-state index in [-0.39, 0.29) is 5.60 Å². The highest BCUT2D eigenvalue weighted by Crippen LogP contribution is 2.28. The maximum absolute atomic E-state index is 5.84. The predicted molar refractivity (Wildman–Crippen MR) is 66.5 cm³/mol. The van der Waals surface area contributed by atoms with Gasteiger partial charge in [0.25, 0.3) is 0 Å². The molecule has 0 atom stereocenters. The van der Waals surface area contributed by atoms with Crippen molar-refractivity contribution >= 4 is 11.6 Å². The average molecular weight is 267 g/mol. The van der Waals surface area contributed by atoms with Crippen LogP contribution in [-0.4, -0.2) is 50.3 Å². The Morgan fingerprint density at radius 3 is 2.29 bits per heavy atom. The maximum Gasteiger partial charge on any atom is 0.163 e. The van der Waals surface area contributed by atoms with Crippen LogP contribution in [0.15, 0.2) is 0 Å². The molecule has 0 amide bonds. The van der Waals surface area contributed by atoms with Gasteiger partial charge in [-0.1, -0.05) is 6.92 Å². The first-order chi connectivity index (χ1) is 8.04. The van der Waals surface area contributed by atoms with Crippen LogP contribution in [0.25, 0.3) is 0 Å². The summed E-state index contributed by atoms with van der Waals surface area (Å²) in [5, 5.41) is 0. The van der Waals surface area contributed by atoms with Gasteiger partial charge in [-0.25, -0.2) is 0 Å². The lowest BCUT2D eigenvalue weighted by Crippen LogP contribution is -2.52. The molecule has 0 bridgehead atoms. The molecule has 5 heteroatoms. The van der Waals surface area contributed by atoms with Gasteiger partial charge in [-0.15, -0.1) is 11.6 Å².